The van der Waals surface area contributed by atoms with Crippen LogP contribution in [0.2, 0.25) is 0 Å². The van der Waals surface area contributed by atoms with Gasteiger partial charge in [-0.3, -0.25) is 14.8 Å². The molecule has 0 saturated carbocycles. The van der Waals surface area contributed by atoms with Crippen LogP contribution in [0, 0.1) is 0 Å². The normalized spacial score (nSPS) is 11.0. The molecule has 0 aliphatic heterocycles. The molecule has 0 aliphatic rings. The fourth-order valence-corrected chi connectivity index (χ4v) is 2.03. The van der Waals surface area contributed by atoms with Crippen LogP contribution in [0.15, 0.2) is 84.2 Å². The van der Waals surface area contributed by atoms with Gasteiger partial charge in [0.1, 0.15) is 11.4 Å². The number of hydrogen-bond acceptors (Lipinski definition) is 4. The van der Waals surface area contributed by atoms with Gasteiger partial charge in [0.15, 0.2) is 0 Å². The van der Waals surface area contributed by atoms with Crippen molar-refractivity contribution in [2.75, 3.05) is 0 Å². The molecule has 0 spiro atoms. The second kappa shape index (κ2) is 7.09. The summed E-state index contributed by atoms with van der Waals surface area (Å²) in [4.78, 5) is 20.4. The zero-order valence-electron chi connectivity index (χ0n) is 12.3. The quantitative estimate of drug-likeness (QED) is 0.595. The molecule has 3 rings (SSSR count). The molecule has 3 aromatic rings. The molecule has 0 fully saturated rings. The van der Waals surface area contributed by atoms with Crippen LogP contribution in [0.3, 0.4) is 0 Å². The van der Waals surface area contributed by atoms with E-state index in [9.17, 15) is 4.79 Å². The van der Waals surface area contributed by atoms with Gasteiger partial charge in [-0.2, -0.15) is 5.10 Å². The molecular weight excluding hydrogens is 288 g/mol. The number of rotatable bonds is 4. The van der Waals surface area contributed by atoms with E-state index in [0.717, 1.165) is 5.56 Å². The van der Waals surface area contributed by atoms with Crippen LogP contribution < -0.4 is 5.43 Å². The van der Waals surface area contributed by atoms with E-state index >= 15 is 0 Å². The third-order valence-electron chi connectivity index (χ3n) is 3.12. The number of aromatic nitrogens is 2. The number of hydrazone groups is 1. The molecule has 0 unspecified atom stereocenters. The maximum atomic E-state index is 12.1. The lowest BCUT2D eigenvalue weighted by Gasteiger charge is -2.07. The SMILES string of the molecule is O=C(NN=C(c1ccccc1)c1ccccn1)c1ccccn1. The highest BCUT2D eigenvalue weighted by molar-refractivity contribution is 6.12. The van der Waals surface area contributed by atoms with Gasteiger partial charge in [0.25, 0.3) is 5.91 Å². The predicted octanol–water partition coefficient (Wildman–Crippen LogP) is 2.66. The molecule has 1 N–H and O–H groups in total. The Kier molecular flexibility index (Phi) is 4.49. The van der Waals surface area contributed by atoms with E-state index in [1.165, 1.54) is 0 Å². The minimum atomic E-state index is -0.366. The fraction of sp³-hybridized carbons (Fsp3) is 0. The first kappa shape index (κ1) is 14.6. The average molecular weight is 302 g/mol. The maximum absolute atomic E-state index is 12.1. The summed E-state index contributed by atoms with van der Waals surface area (Å²) in [6.45, 7) is 0. The van der Waals surface area contributed by atoms with Gasteiger partial charge in [0, 0.05) is 18.0 Å². The third-order valence-corrected chi connectivity index (χ3v) is 3.12. The summed E-state index contributed by atoms with van der Waals surface area (Å²) in [7, 11) is 0. The average Bonchev–Trinajstić information content (AvgIpc) is 2.64. The Balaban J connectivity index is 1.91. The topological polar surface area (TPSA) is 67.2 Å². The lowest BCUT2D eigenvalue weighted by atomic mass is 10.1. The van der Waals surface area contributed by atoms with Gasteiger partial charge in [-0.1, -0.05) is 42.5 Å². The summed E-state index contributed by atoms with van der Waals surface area (Å²) in [5.41, 5.74) is 4.99. The molecule has 5 nitrogen and oxygen atoms in total. The van der Waals surface area contributed by atoms with E-state index in [-0.39, 0.29) is 5.91 Å². The van der Waals surface area contributed by atoms with Crippen molar-refractivity contribution in [3.63, 3.8) is 0 Å². The Hall–Kier alpha value is -3.34. The van der Waals surface area contributed by atoms with Gasteiger partial charge in [0.05, 0.1) is 5.69 Å². The van der Waals surface area contributed by atoms with Crippen LogP contribution in [0.4, 0.5) is 0 Å². The van der Waals surface area contributed by atoms with Gasteiger partial charge in [0.2, 0.25) is 0 Å². The minimum absolute atomic E-state index is 0.310. The monoisotopic (exact) mass is 302 g/mol. The van der Waals surface area contributed by atoms with Crippen LogP contribution in [-0.4, -0.2) is 21.6 Å². The van der Waals surface area contributed by atoms with Gasteiger partial charge < -0.3 is 0 Å². The predicted molar refractivity (Wildman–Crippen MR) is 88.0 cm³/mol. The van der Waals surface area contributed by atoms with E-state index in [4.69, 9.17) is 0 Å². The van der Waals surface area contributed by atoms with Crippen LogP contribution in [0.5, 0.6) is 0 Å². The van der Waals surface area contributed by atoms with Gasteiger partial charge in [-0.25, -0.2) is 5.43 Å². The second-order valence-corrected chi connectivity index (χ2v) is 4.70. The lowest BCUT2D eigenvalue weighted by Crippen LogP contribution is -2.21. The molecule has 2 heterocycles. The van der Waals surface area contributed by atoms with Crippen LogP contribution in [0.25, 0.3) is 0 Å². The standard InChI is InChI=1S/C18H14N4O/c23-18(16-11-5-7-13-20-16)22-21-17(14-8-2-1-3-9-14)15-10-4-6-12-19-15/h1-13H,(H,22,23). The first-order valence-electron chi connectivity index (χ1n) is 7.10. The summed E-state index contributed by atoms with van der Waals surface area (Å²) >= 11 is 0. The zero-order valence-corrected chi connectivity index (χ0v) is 12.3. The molecule has 23 heavy (non-hydrogen) atoms. The molecule has 1 amide bonds. The van der Waals surface area contributed by atoms with Gasteiger partial charge in [-0.15, -0.1) is 0 Å². The highest BCUT2D eigenvalue weighted by Gasteiger charge is 2.10. The van der Waals surface area contributed by atoms with E-state index in [1.807, 2.05) is 48.5 Å². The van der Waals surface area contributed by atoms with Crippen molar-refractivity contribution in [3.05, 3.63) is 96.1 Å². The Morgan fingerprint density at radius 1 is 0.783 bits per heavy atom. The summed E-state index contributed by atoms with van der Waals surface area (Å²) in [6.07, 6.45) is 3.25. The number of benzene rings is 1. The van der Waals surface area contributed by atoms with Gasteiger partial charge >= 0.3 is 0 Å². The Labute approximate surface area is 133 Å². The largest absolute Gasteiger partial charge is 0.289 e. The number of carbonyl (C=O) groups excluding carboxylic acids is 1. The van der Waals surface area contributed by atoms with Crippen molar-refractivity contribution in [1.82, 2.24) is 15.4 Å². The highest BCUT2D eigenvalue weighted by Crippen LogP contribution is 2.08. The highest BCUT2D eigenvalue weighted by atomic mass is 16.2. The minimum Gasteiger partial charge on any atom is -0.266 e. The van der Waals surface area contributed by atoms with Crippen molar-refractivity contribution in [3.8, 4) is 0 Å². The fourth-order valence-electron chi connectivity index (χ4n) is 2.03. The third kappa shape index (κ3) is 3.65. The second-order valence-electron chi connectivity index (χ2n) is 4.70. The maximum Gasteiger partial charge on any atom is 0.289 e. The zero-order chi connectivity index (χ0) is 15.9. The number of nitrogens with one attached hydrogen (secondary N) is 1. The number of carbonyl (C=O) groups is 1. The van der Waals surface area contributed by atoms with E-state index < -0.39 is 0 Å². The molecular formula is C18H14N4O. The van der Waals surface area contributed by atoms with Gasteiger partial charge in [-0.05, 0) is 24.3 Å². The Morgan fingerprint density at radius 2 is 1.39 bits per heavy atom. The summed E-state index contributed by atoms with van der Waals surface area (Å²) in [5.74, 6) is -0.366. The first-order valence-corrected chi connectivity index (χ1v) is 7.10. The van der Waals surface area contributed by atoms with Crippen LogP contribution >= 0.6 is 0 Å². The summed E-state index contributed by atoms with van der Waals surface area (Å²) in [5, 5.41) is 4.26. The van der Waals surface area contributed by atoms with Crippen molar-refractivity contribution < 1.29 is 4.79 Å². The Morgan fingerprint density at radius 3 is 2.00 bits per heavy atom. The Bertz CT molecular complexity index is 761. The lowest BCUT2D eigenvalue weighted by molar-refractivity contribution is 0.0950. The molecule has 0 aliphatic carbocycles. The molecule has 1 aromatic carbocycles. The summed E-state index contributed by atoms with van der Waals surface area (Å²) < 4.78 is 0. The molecule has 0 atom stereocenters. The van der Waals surface area contributed by atoms with Crippen molar-refractivity contribution in [2.45, 2.75) is 0 Å². The molecule has 112 valence electrons. The molecule has 2 aromatic heterocycles. The molecule has 0 saturated heterocycles. The number of pyridine rings is 2. The van der Waals surface area contributed by atoms with E-state index in [1.54, 1.807) is 30.6 Å². The molecule has 0 radical (unpaired) electrons. The molecule has 0 bridgehead atoms. The van der Waals surface area contributed by atoms with E-state index in [0.29, 0.717) is 17.1 Å². The first-order chi connectivity index (χ1) is 11.3. The summed E-state index contributed by atoms with van der Waals surface area (Å²) in [6, 6.07) is 20.3. The van der Waals surface area contributed by atoms with Crippen molar-refractivity contribution in [2.24, 2.45) is 5.10 Å². The van der Waals surface area contributed by atoms with Crippen LogP contribution in [-0.2, 0) is 0 Å². The number of nitrogens with zero attached hydrogens (tertiary/aromatic N) is 3. The molecule has 5 heteroatoms. The smallest absolute Gasteiger partial charge is 0.266 e. The van der Waals surface area contributed by atoms with Crippen LogP contribution in [0.1, 0.15) is 21.7 Å². The van der Waals surface area contributed by atoms with Crippen molar-refractivity contribution in [1.29, 1.82) is 0 Å². The number of hydrogen-bond donors (Lipinski definition) is 1. The number of amides is 1. The van der Waals surface area contributed by atoms with Crippen molar-refractivity contribution >= 4 is 11.6 Å². The van der Waals surface area contributed by atoms with E-state index in [2.05, 4.69) is 20.5 Å².